The molecule has 144 valence electrons. The molecule has 6 nitrogen and oxygen atoms in total. The van der Waals surface area contributed by atoms with E-state index in [1.807, 2.05) is 32.0 Å². The number of carbonyl (C=O) groups excluding carboxylic acids is 1. The highest BCUT2D eigenvalue weighted by Gasteiger charge is 2.29. The van der Waals surface area contributed by atoms with Crippen molar-refractivity contribution in [2.24, 2.45) is 5.92 Å². The molecule has 7 heteroatoms. The van der Waals surface area contributed by atoms with Gasteiger partial charge in [0.1, 0.15) is 25.4 Å². The van der Waals surface area contributed by atoms with Crippen LogP contribution in [0, 0.1) is 19.8 Å². The fourth-order valence-corrected chi connectivity index (χ4v) is 2.93. The first kappa shape index (κ1) is 19.2. The maximum absolute atomic E-state index is 12.2. The molecule has 1 aliphatic carbocycles. The van der Waals surface area contributed by atoms with Crippen LogP contribution in [-0.4, -0.2) is 42.2 Å². The highest BCUT2D eigenvalue weighted by molar-refractivity contribution is 5.95. The number of hydrogen-bond acceptors (Lipinski definition) is 5. The highest BCUT2D eigenvalue weighted by Crippen LogP contribution is 2.36. The Morgan fingerprint density at radius 1 is 1.22 bits per heavy atom. The predicted molar refractivity (Wildman–Crippen MR) is 103 cm³/mol. The molecule has 1 aromatic carbocycles. The van der Waals surface area contributed by atoms with Gasteiger partial charge in [0.15, 0.2) is 0 Å². The number of ether oxygens (including phenoxy) is 1. The van der Waals surface area contributed by atoms with E-state index in [-0.39, 0.29) is 11.8 Å². The van der Waals surface area contributed by atoms with Gasteiger partial charge in [-0.25, -0.2) is 14.4 Å². The number of nitrogens with zero attached hydrogens (tertiary/aromatic N) is 2. The van der Waals surface area contributed by atoms with Crippen molar-refractivity contribution in [1.82, 2.24) is 15.3 Å². The largest absolute Gasteiger partial charge is 0.492 e. The normalized spacial score (nSPS) is 13.4. The summed E-state index contributed by atoms with van der Waals surface area (Å²) in [6, 6.07) is 5.59. The Balaban J connectivity index is 1.86. The van der Waals surface area contributed by atoms with Crippen molar-refractivity contribution in [2.75, 3.05) is 31.7 Å². The molecule has 0 bridgehead atoms. The van der Waals surface area contributed by atoms with E-state index in [9.17, 15) is 9.18 Å². The molecule has 0 spiro atoms. The minimum atomic E-state index is -0.402. The van der Waals surface area contributed by atoms with Gasteiger partial charge < -0.3 is 15.4 Å². The Kier molecular flexibility index (Phi) is 6.34. The third kappa shape index (κ3) is 5.01. The van der Waals surface area contributed by atoms with E-state index in [1.165, 1.54) is 6.33 Å². The van der Waals surface area contributed by atoms with E-state index >= 15 is 0 Å². The smallest absolute Gasteiger partial charge is 0.227 e. The minimum absolute atomic E-state index is 0.0581. The molecule has 1 aliphatic rings. The number of anilines is 1. The van der Waals surface area contributed by atoms with E-state index in [0.717, 1.165) is 41.0 Å². The number of benzene rings is 1. The molecule has 0 radical (unpaired) electrons. The van der Waals surface area contributed by atoms with E-state index in [2.05, 4.69) is 20.6 Å². The van der Waals surface area contributed by atoms with Crippen LogP contribution in [0.15, 0.2) is 24.5 Å². The number of aryl methyl sites for hydroxylation is 2. The fourth-order valence-electron chi connectivity index (χ4n) is 2.93. The van der Waals surface area contributed by atoms with Crippen LogP contribution in [0.4, 0.5) is 10.1 Å². The molecule has 0 unspecified atom stereocenters. The summed E-state index contributed by atoms with van der Waals surface area (Å²) in [6.07, 6.45) is 3.45. The molecule has 3 rings (SSSR count). The van der Waals surface area contributed by atoms with Crippen molar-refractivity contribution in [2.45, 2.75) is 26.7 Å². The first-order chi connectivity index (χ1) is 13.1. The van der Waals surface area contributed by atoms with Crippen LogP contribution < -0.4 is 15.4 Å². The van der Waals surface area contributed by atoms with Crippen molar-refractivity contribution >= 4 is 11.6 Å². The van der Waals surface area contributed by atoms with E-state index in [4.69, 9.17) is 4.74 Å². The van der Waals surface area contributed by atoms with Gasteiger partial charge in [-0.3, -0.25) is 4.79 Å². The lowest BCUT2D eigenvalue weighted by atomic mass is 10.0. The molecule has 27 heavy (non-hydrogen) atoms. The van der Waals surface area contributed by atoms with Crippen molar-refractivity contribution in [3.05, 3.63) is 35.9 Å². The number of carbonyl (C=O) groups is 1. The fraction of sp³-hybridized carbons (Fsp3) is 0.450. The lowest BCUT2D eigenvalue weighted by Crippen LogP contribution is -2.23. The van der Waals surface area contributed by atoms with Gasteiger partial charge in [0, 0.05) is 47.2 Å². The van der Waals surface area contributed by atoms with E-state index < -0.39 is 6.67 Å². The Labute approximate surface area is 158 Å². The second-order valence-corrected chi connectivity index (χ2v) is 6.68. The molecular weight excluding hydrogens is 347 g/mol. The summed E-state index contributed by atoms with van der Waals surface area (Å²) in [4.78, 5) is 20.7. The first-order valence-corrected chi connectivity index (χ1v) is 9.23. The lowest BCUT2D eigenvalue weighted by Gasteiger charge is -2.16. The molecule has 1 saturated carbocycles. The molecule has 2 N–H and O–H groups in total. The SMILES string of the molecule is Cc1ncnc(C)c1-c1cc(NC(=O)C2CC2)ccc1OCCNCCF. The van der Waals surface area contributed by atoms with Gasteiger partial charge in [-0.2, -0.15) is 0 Å². The molecule has 2 aromatic rings. The standard InChI is InChI=1S/C20H25FN4O2/c1-13-19(14(2)24-12-23-13)17-11-16(25-20(26)15-3-4-15)5-6-18(17)27-10-9-22-8-7-21/h5-6,11-12,15,22H,3-4,7-10H2,1-2H3,(H,25,26). The summed E-state index contributed by atoms with van der Waals surface area (Å²) in [5.41, 5.74) is 4.14. The van der Waals surface area contributed by atoms with Gasteiger partial charge in [-0.1, -0.05) is 0 Å². The average molecular weight is 372 g/mol. The third-order valence-corrected chi connectivity index (χ3v) is 4.50. The van der Waals surface area contributed by atoms with Gasteiger partial charge in [-0.05, 0) is 44.9 Å². The Bertz CT molecular complexity index is 788. The van der Waals surface area contributed by atoms with Crippen LogP contribution in [0.5, 0.6) is 5.75 Å². The Morgan fingerprint density at radius 2 is 1.96 bits per heavy atom. The molecule has 0 saturated heterocycles. The second-order valence-electron chi connectivity index (χ2n) is 6.68. The van der Waals surface area contributed by atoms with Gasteiger partial charge >= 0.3 is 0 Å². The van der Waals surface area contributed by atoms with Crippen LogP contribution in [0.2, 0.25) is 0 Å². The summed E-state index contributed by atoms with van der Waals surface area (Å²) in [7, 11) is 0. The van der Waals surface area contributed by atoms with Gasteiger partial charge in [-0.15, -0.1) is 0 Å². The summed E-state index contributed by atoms with van der Waals surface area (Å²) < 4.78 is 18.1. The van der Waals surface area contributed by atoms with Crippen LogP contribution in [0.25, 0.3) is 11.1 Å². The lowest BCUT2D eigenvalue weighted by molar-refractivity contribution is -0.117. The van der Waals surface area contributed by atoms with Crippen LogP contribution in [0.1, 0.15) is 24.2 Å². The molecule has 0 atom stereocenters. The topological polar surface area (TPSA) is 76.1 Å². The number of aromatic nitrogens is 2. The third-order valence-electron chi connectivity index (χ3n) is 4.50. The Morgan fingerprint density at radius 3 is 2.63 bits per heavy atom. The summed E-state index contributed by atoms with van der Waals surface area (Å²) >= 11 is 0. The Hall–Kier alpha value is -2.54. The van der Waals surface area contributed by atoms with Crippen molar-refractivity contribution in [1.29, 1.82) is 0 Å². The van der Waals surface area contributed by atoms with E-state index in [0.29, 0.717) is 25.4 Å². The predicted octanol–water partition coefficient (Wildman–Crippen LogP) is 3.05. The molecule has 0 aliphatic heterocycles. The van der Waals surface area contributed by atoms with Gasteiger partial charge in [0.05, 0.1) is 0 Å². The van der Waals surface area contributed by atoms with Crippen LogP contribution in [-0.2, 0) is 4.79 Å². The van der Waals surface area contributed by atoms with E-state index in [1.54, 1.807) is 0 Å². The molecule has 1 aromatic heterocycles. The number of halogens is 1. The zero-order valence-electron chi connectivity index (χ0n) is 15.7. The number of alkyl halides is 1. The summed E-state index contributed by atoms with van der Waals surface area (Å²) in [5, 5.41) is 5.94. The van der Waals surface area contributed by atoms with Crippen molar-refractivity contribution < 1.29 is 13.9 Å². The number of hydrogen-bond donors (Lipinski definition) is 2. The first-order valence-electron chi connectivity index (χ1n) is 9.23. The maximum atomic E-state index is 12.2. The monoisotopic (exact) mass is 372 g/mol. The summed E-state index contributed by atoms with van der Waals surface area (Å²) in [6.45, 7) is 4.71. The molecular formula is C20H25FN4O2. The zero-order valence-corrected chi connectivity index (χ0v) is 15.7. The number of nitrogens with one attached hydrogen (secondary N) is 2. The number of amides is 1. The van der Waals surface area contributed by atoms with Crippen molar-refractivity contribution in [3.63, 3.8) is 0 Å². The zero-order chi connectivity index (χ0) is 19.2. The highest BCUT2D eigenvalue weighted by atomic mass is 19.1. The number of rotatable bonds is 9. The molecule has 1 fully saturated rings. The van der Waals surface area contributed by atoms with Crippen LogP contribution >= 0.6 is 0 Å². The molecule has 1 heterocycles. The van der Waals surface area contributed by atoms with Crippen molar-refractivity contribution in [3.8, 4) is 16.9 Å². The van der Waals surface area contributed by atoms with Crippen LogP contribution in [0.3, 0.4) is 0 Å². The van der Waals surface area contributed by atoms with Gasteiger partial charge in [0.2, 0.25) is 5.91 Å². The second kappa shape index (κ2) is 8.90. The minimum Gasteiger partial charge on any atom is -0.492 e. The molecule has 1 amide bonds. The maximum Gasteiger partial charge on any atom is 0.227 e. The summed E-state index contributed by atoms with van der Waals surface area (Å²) in [5.74, 6) is 0.875. The quantitative estimate of drug-likeness (QED) is 0.662. The van der Waals surface area contributed by atoms with Gasteiger partial charge in [0.25, 0.3) is 0 Å². The average Bonchev–Trinajstić information content (AvgIpc) is 3.48.